The number of carbonyl (C=O) groups is 1. The monoisotopic (exact) mass is 385 g/mol. The van der Waals surface area contributed by atoms with Gasteiger partial charge in [0.25, 0.3) is 0 Å². The third kappa shape index (κ3) is 7.17. The van der Waals surface area contributed by atoms with Crippen LogP contribution in [0.25, 0.3) is 11.3 Å². The minimum Gasteiger partial charge on any atom is -0.667 e. The van der Waals surface area contributed by atoms with E-state index in [4.69, 9.17) is 11.3 Å². The Hall–Kier alpha value is 0.802. The normalized spacial score (nSPS) is 10.7. The molecule has 0 spiro atoms. The van der Waals surface area contributed by atoms with Crippen molar-refractivity contribution in [3.8, 4) is 0 Å². The fourth-order valence-corrected chi connectivity index (χ4v) is 0.893. The summed E-state index contributed by atoms with van der Waals surface area (Å²) in [6.07, 6.45) is 2.57. The SMILES string of the molecule is CSCC([NH-])C(=O)C=[N+]=[N-].[Ac]. The molecule has 1 radical (unpaired) electrons. The molecule has 0 aliphatic heterocycles. The van der Waals surface area contributed by atoms with Crippen molar-refractivity contribution in [1.29, 1.82) is 0 Å². The van der Waals surface area contributed by atoms with Crippen LogP contribution >= 0.6 is 11.8 Å². The molecule has 0 aliphatic rings. The number of ketones is 1. The molecule has 1 atom stereocenters. The Bertz CT molecular complexity index is 169. The van der Waals surface area contributed by atoms with Gasteiger partial charge in [-0.1, -0.05) is 6.04 Å². The van der Waals surface area contributed by atoms with E-state index < -0.39 is 11.8 Å². The molecule has 1 N–H and O–H groups in total. The Morgan fingerprint density at radius 1 is 1.91 bits per heavy atom. The Morgan fingerprint density at radius 3 is 2.82 bits per heavy atom. The fourth-order valence-electron chi connectivity index (χ4n) is 0.396. The Kier molecular flexibility index (Phi) is 11.6. The van der Waals surface area contributed by atoms with Gasteiger partial charge < -0.3 is 11.3 Å². The van der Waals surface area contributed by atoms with Gasteiger partial charge in [0.2, 0.25) is 5.78 Å². The van der Waals surface area contributed by atoms with Crippen LogP contribution in [0.4, 0.5) is 0 Å². The molecule has 0 saturated heterocycles. The van der Waals surface area contributed by atoms with Crippen molar-refractivity contribution in [2.75, 3.05) is 12.0 Å². The van der Waals surface area contributed by atoms with Gasteiger partial charge in [-0.05, 0) is 12.0 Å². The maximum atomic E-state index is 10.6. The Labute approximate surface area is 105 Å². The van der Waals surface area contributed by atoms with E-state index in [0.717, 1.165) is 6.21 Å². The van der Waals surface area contributed by atoms with Gasteiger partial charge in [-0.2, -0.15) is 16.6 Å². The Morgan fingerprint density at radius 2 is 2.45 bits per heavy atom. The van der Waals surface area contributed by atoms with E-state index in [0.29, 0.717) is 5.75 Å². The topological polar surface area (TPSA) is 77.3 Å². The van der Waals surface area contributed by atoms with Gasteiger partial charge >= 0.3 is 6.21 Å². The molecule has 59 valence electrons. The summed E-state index contributed by atoms with van der Waals surface area (Å²) in [4.78, 5) is 13.2. The van der Waals surface area contributed by atoms with Crippen LogP contribution in [0, 0.1) is 44.1 Å². The maximum Gasteiger partial charge on any atom is 0.321 e. The van der Waals surface area contributed by atoms with Crippen LogP contribution < -0.4 is 0 Å². The van der Waals surface area contributed by atoms with Gasteiger partial charge in [0.1, 0.15) is 0 Å². The van der Waals surface area contributed by atoms with Crippen LogP contribution in [0.15, 0.2) is 0 Å². The molecule has 11 heavy (non-hydrogen) atoms. The number of hydrogen-bond acceptors (Lipinski definition) is 2. The first-order chi connectivity index (χ1) is 4.72. The number of nitrogens with zero attached hydrogens (tertiary/aromatic N) is 2. The van der Waals surface area contributed by atoms with Crippen LogP contribution in [-0.4, -0.2) is 34.8 Å². The summed E-state index contributed by atoms with van der Waals surface area (Å²) in [5.74, 6) is -0.0259. The average Bonchev–Trinajstić information content (AvgIpc) is 1.89. The number of nitrogens with one attached hydrogen (secondary N) is 1. The van der Waals surface area contributed by atoms with E-state index in [9.17, 15) is 4.79 Å². The van der Waals surface area contributed by atoms with Crippen molar-refractivity contribution in [3.63, 3.8) is 0 Å². The molecule has 0 rings (SSSR count). The van der Waals surface area contributed by atoms with Crippen molar-refractivity contribution >= 4 is 23.8 Å². The van der Waals surface area contributed by atoms with Crippen LogP contribution in [0.3, 0.4) is 0 Å². The van der Waals surface area contributed by atoms with Crippen molar-refractivity contribution in [3.05, 3.63) is 11.3 Å². The van der Waals surface area contributed by atoms with Crippen LogP contribution in [0.5, 0.6) is 0 Å². The number of carbonyl (C=O) groups excluding carboxylic acids is 1. The molecular formula is C5H8AcN3OS-. The summed E-state index contributed by atoms with van der Waals surface area (Å²) in [6, 6.07) is -0.800. The fraction of sp³-hybridized carbons (Fsp3) is 0.600. The molecule has 0 saturated carbocycles. The molecule has 6 heteroatoms. The molecule has 4 nitrogen and oxygen atoms in total. The molecule has 0 aliphatic carbocycles. The van der Waals surface area contributed by atoms with Crippen molar-refractivity contribution < 1.29 is 53.6 Å². The summed E-state index contributed by atoms with van der Waals surface area (Å²) in [5.41, 5.74) is 15.0. The summed E-state index contributed by atoms with van der Waals surface area (Å²) < 4.78 is 0. The summed E-state index contributed by atoms with van der Waals surface area (Å²) in [7, 11) is 0. The first-order valence-electron chi connectivity index (χ1n) is 2.63. The van der Waals surface area contributed by atoms with Gasteiger partial charge in [-0.25, -0.2) is 0 Å². The molecule has 0 aromatic rings. The molecule has 0 aromatic heterocycles. The van der Waals surface area contributed by atoms with E-state index in [1.807, 2.05) is 6.26 Å². The maximum absolute atomic E-state index is 10.6. The number of rotatable bonds is 4. The third-order valence-electron chi connectivity index (χ3n) is 0.862. The summed E-state index contributed by atoms with van der Waals surface area (Å²) in [5, 5.41) is 0. The molecule has 1 unspecified atom stereocenters. The van der Waals surface area contributed by atoms with Gasteiger partial charge in [0.05, 0.1) is 0 Å². The first kappa shape index (κ1) is 14.3. The van der Waals surface area contributed by atoms with Gasteiger partial charge in [0.15, 0.2) is 0 Å². The molecular weight excluding hydrogens is 377 g/mol. The number of thioether (sulfide) groups is 1. The molecule has 0 bridgehead atoms. The zero-order valence-corrected chi connectivity index (χ0v) is 11.7. The van der Waals surface area contributed by atoms with Crippen LogP contribution in [0.1, 0.15) is 0 Å². The Balaban J connectivity index is 0. The van der Waals surface area contributed by atoms with E-state index >= 15 is 0 Å². The molecule has 0 fully saturated rings. The van der Waals surface area contributed by atoms with Crippen LogP contribution in [-0.2, 0) is 4.79 Å². The van der Waals surface area contributed by atoms with E-state index in [1.165, 1.54) is 11.8 Å². The predicted octanol–water partition coefficient (Wildman–Crippen LogP) is 0.640. The zero-order valence-electron chi connectivity index (χ0n) is 6.15. The first-order valence-corrected chi connectivity index (χ1v) is 4.03. The summed E-state index contributed by atoms with van der Waals surface area (Å²) in [6.45, 7) is 0. The minimum absolute atomic E-state index is 0. The standard InChI is InChI=1S/C5H8N3OS.Ac/c1-10-3-4(6)5(9)2-8-7;/h2,4,6H,3H2,1H3;/q-1;. The largest absolute Gasteiger partial charge is 0.667 e. The summed E-state index contributed by atoms with van der Waals surface area (Å²) >= 11 is 1.41. The van der Waals surface area contributed by atoms with E-state index in [2.05, 4.69) is 4.79 Å². The quantitative estimate of drug-likeness (QED) is 0.405. The zero-order chi connectivity index (χ0) is 7.98. The second-order valence-corrected chi connectivity index (χ2v) is 2.57. The van der Waals surface area contributed by atoms with Crippen molar-refractivity contribution in [1.82, 2.24) is 0 Å². The molecule has 0 heterocycles. The second-order valence-electron chi connectivity index (χ2n) is 1.65. The van der Waals surface area contributed by atoms with E-state index in [1.54, 1.807) is 0 Å². The predicted molar refractivity (Wildman–Crippen MR) is 41.2 cm³/mol. The van der Waals surface area contributed by atoms with Crippen molar-refractivity contribution in [2.24, 2.45) is 0 Å². The number of Topliss-reactive ketones (excluding diaryl/α,β-unsaturated/α-hetero) is 1. The van der Waals surface area contributed by atoms with Gasteiger partial charge in [0, 0.05) is 44.1 Å². The second kappa shape index (κ2) is 8.89. The van der Waals surface area contributed by atoms with Crippen molar-refractivity contribution in [2.45, 2.75) is 6.04 Å². The average molecular weight is 385 g/mol. The minimum atomic E-state index is -0.800. The molecule has 0 amide bonds. The van der Waals surface area contributed by atoms with E-state index in [-0.39, 0.29) is 44.1 Å². The molecule has 0 aromatic carbocycles. The van der Waals surface area contributed by atoms with Gasteiger partial charge in [-0.3, -0.25) is 4.79 Å². The van der Waals surface area contributed by atoms with Gasteiger partial charge in [-0.15, -0.1) is 0 Å². The smallest absolute Gasteiger partial charge is 0.321 e. The number of hydrogen-bond donors (Lipinski definition) is 0. The third-order valence-corrected chi connectivity index (χ3v) is 1.53. The van der Waals surface area contributed by atoms with Crippen LogP contribution in [0.2, 0.25) is 0 Å².